The van der Waals surface area contributed by atoms with Crippen molar-refractivity contribution >= 4 is 5.78 Å². The Bertz CT molecular complexity index is 531. The molecule has 0 aliphatic rings. The summed E-state index contributed by atoms with van der Waals surface area (Å²) in [7, 11) is 1.96. The number of aromatic nitrogens is 2. The third kappa shape index (κ3) is 3.31. The molecule has 0 spiro atoms. The van der Waals surface area contributed by atoms with Crippen LogP contribution in [0.25, 0.3) is 0 Å². The minimum absolute atomic E-state index is 0.0152. The maximum atomic E-state index is 12.3. The Morgan fingerprint density at radius 2 is 2.05 bits per heavy atom. The molecule has 100 valence electrons. The van der Waals surface area contributed by atoms with Gasteiger partial charge in [0, 0.05) is 38.2 Å². The van der Waals surface area contributed by atoms with Gasteiger partial charge in [-0.1, -0.05) is 37.3 Å². The van der Waals surface area contributed by atoms with Crippen molar-refractivity contribution in [3.05, 3.63) is 54.1 Å². The van der Waals surface area contributed by atoms with Crippen LogP contribution in [0.1, 0.15) is 37.1 Å². The molecule has 2 rings (SSSR count). The summed E-state index contributed by atoms with van der Waals surface area (Å²) in [4.78, 5) is 16.6. The van der Waals surface area contributed by atoms with E-state index in [0.29, 0.717) is 18.6 Å². The molecular weight excluding hydrogens is 236 g/mol. The van der Waals surface area contributed by atoms with Gasteiger partial charge in [-0.2, -0.15) is 0 Å². The lowest BCUT2D eigenvalue weighted by Crippen LogP contribution is -2.13. The van der Waals surface area contributed by atoms with Crippen LogP contribution in [0.15, 0.2) is 42.7 Å². The molecule has 19 heavy (non-hydrogen) atoms. The number of benzene rings is 1. The molecule has 0 saturated heterocycles. The number of ketones is 1. The van der Waals surface area contributed by atoms with E-state index in [-0.39, 0.29) is 5.92 Å². The van der Waals surface area contributed by atoms with E-state index in [4.69, 9.17) is 0 Å². The van der Waals surface area contributed by atoms with Crippen molar-refractivity contribution in [2.75, 3.05) is 0 Å². The monoisotopic (exact) mass is 256 g/mol. The Morgan fingerprint density at radius 3 is 2.63 bits per heavy atom. The molecule has 0 bridgehead atoms. The normalized spacial score (nSPS) is 12.3. The number of aryl methyl sites for hydroxylation is 2. The summed E-state index contributed by atoms with van der Waals surface area (Å²) in [5, 5.41) is 0. The highest BCUT2D eigenvalue weighted by Gasteiger charge is 2.18. The molecule has 0 aliphatic carbocycles. The van der Waals surface area contributed by atoms with E-state index in [1.165, 1.54) is 0 Å². The Labute approximate surface area is 114 Å². The third-order valence-corrected chi connectivity index (χ3v) is 3.51. The summed E-state index contributed by atoms with van der Waals surface area (Å²) < 4.78 is 1.97. The quantitative estimate of drug-likeness (QED) is 0.796. The second-order valence-corrected chi connectivity index (χ2v) is 4.79. The first kappa shape index (κ1) is 13.5. The first-order valence-corrected chi connectivity index (χ1v) is 6.76. The molecule has 0 saturated carbocycles. The van der Waals surface area contributed by atoms with Gasteiger partial charge >= 0.3 is 0 Å². The van der Waals surface area contributed by atoms with Gasteiger partial charge in [0.25, 0.3) is 0 Å². The number of hydrogen-bond donors (Lipinski definition) is 0. The minimum atomic E-state index is 0.0152. The van der Waals surface area contributed by atoms with Gasteiger partial charge in [0.15, 0.2) is 0 Å². The second kappa shape index (κ2) is 6.32. The number of rotatable bonds is 6. The molecule has 0 aliphatic heterocycles. The van der Waals surface area contributed by atoms with E-state index in [0.717, 1.165) is 17.8 Å². The van der Waals surface area contributed by atoms with E-state index < -0.39 is 0 Å². The fourth-order valence-electron chi connectivity index (χ4n) is 2.38. The summed E-state index contributed by atoms with van der Waals surface area (Å²) >= 11 is 0. The van der Waals surface area contributed by atoms with Crippen LogP contribution in [0.2, 0.25) is 0 Å². The van der Waals surface area contributed by atoms with E-state index in [1.807, 2.05) is 48.1 Å². The van der Waals surface area contributed by atoms with Gasteiger partial charge in [0.05, 0.1) is 0 Å². The summed E-state index contributed by atoms with van der Waals surface area (Å²) in [5.74, 6) is 1.29. The molecular formula is C16H20N2O. The van der Waals surface area contributed by atoms with Crippen molar-refractivity contribution in [1.29, 1.82) is 0 Å². The lowest BCUT2D eigenvalue weighted by Gasteiger charge is -2.14. The van der Waals surface area contributed by atoms with E-state index in [1.54, 1.807) is 6.20 Å². The maximum Gasteiger partial charge on any atom is 0.140 e. The Balaban J connectivity index is 2.00. The zero-order valence-corrected chi connectivity index (χ0v) is 11.5. The number of carbonyl (C=O) groups excluding carboxylic acids is 1. The molecule has 1 aromatic carbocycles. The van der Waals surface area contributed by atoms with Crippen LogP contribution in [0.5, 0.6) is 0 Å². The predicted molar refractivity (Wildman–Crippen MR) is 76.0 cm³/mol. The van der Waals surface area contributed by atoms with Crippen LogP contribution in [0, 0.1) is 0 Å². The Hall–Kier alpha value is -1.90. The molecule has 2 aromatic rings. The summed E-state index contributed by atoms with van der Waals surface area (Å²) in [6, 6.07) is 10.0. The zero-order valence-electron chi connectivity index (χ0n) is 11.5. The van der Waals surface area contributed by atoms with E-state index in [9.17, 15) is 4.79 Å². The first-order chi connectivity index (χ1) is 9.22. The first-order valence-electron chi connectivity index (χ1n) is 6.76. The van der Waals surface area contributed by atoms with Crippen LogP contribution in [-0.2, 0) is 18.3 Å². The van der Waals surface area contributed by atoms with Crippen molar-refractivity contribution in [3.63, 3.8) is 0 Å². The molecule has 1 atom stereocenters. The number of imidazole rings is 1. The molecule has 1 heterocycles. The summed E-state index contributed by atoms with van der Waals surface area (Å²) in [5.41, 5.74) is 1.12. The highest BCUT2D eigenvalue weighted by atomic mass is 16.1. The molecule has 1 aromatic heterocycles. The molecule has 0 fully saturated rings. The zero-order chi connectivity index (χ0) is 13.7. The van der Waals surface area contributed by atoms with Gasteiger partial charge < -0.3 is 4.57 Å². The van der Waals surface area contributed by atoms with Crippen molar-refractivity contribution in [3.8, 4) is 0 Å². The van der Waals surface area contributed by atoms with Crippen LogP contribution in [0.3, 0.4) is 0 Å². The molecule has 3 heteroatoms. The van der Waals surface area contributed by atoms with Crippen molar-refractivity contribution in [1.82, 2.24) is 9.55 Å². The largest absolute Gasteiger partial charge is 0.338 e. The van der Waals surface area contributed by atoms with Crippen molar-refractivity contribution < 1.29 is 4.79 Å². The van der Waals surface area contributed by atoms with Gasteiger partial charge in [0.2, 0.25) is 0 Å². The standard InChI is InChI=1S/C16H20N2O/c1-3-14(13-7-5-4-6-8-13)15(19)9-10-16-17-11-12-18(16)2/h4-8,11-12,14H,3,9-10H2,1-2H3. The van der Waals surface area contributed by atoms with Crippen LogP contribution < -0.4 is 0 Å². The Morgan fingerprint density at radius 1 is 1.32 bits per heavy atom. The van der Waals surface area contributed by atoms with Crippen LogP contribution in [-0.4, -0.2) is 15.3 Å². The minimum Gasteiger partial charge on any atom is -0.338 e. The smallest absolute Gasteiger partial charge is 0.140 e. The highest BCUT2D eigenvalue weighted by Crippen LogP contribution is 2.22. The lowest BCUT2D eigenvalue weighted by atomic mass is 9.90. The van der Waals surface area contributed by atoms with Crippen LogP contribution in [0.4, 0.5) is 0 Å². The predicted octanol–water partition coefficient (Wildman–Crippen LogP) is 3.12. The molecule has 0 N–H and O–H groups in total. The maximum absolute atomic E-state index is 12.3. The third-order valence-electron chi connectivity index (χ3n) is 3.51. The lowest BCUT2D eigenvalue weighted by molar-refractivity contribution is -0.120. The van der Waals surface area contributed by atoms with Gasteiger partial charge in [-0.3, -0.25) is 4.79 Å². The topological polar surface area (TPSA) is 34.9 Å². The second-order valence-electron chi connectivity index (χ2n) is 4.79. The average molecular weight is 256 g/mol. The average Bonchev–Trinajstić information content (AvgIpc) is 2.84. The summed E-state index contributed by atoms with van der Waals surface area (Å²) in [6.07, 6.45) is 5.80. The van der Waals surface area contributed by atoms with Gasteiger partial charge in [-0.05, 0) is 12.0 Å². The summed E-state index contributed by atoms with van der Waals surface area (Å²) in [6.45, 7) is 2.07. The molecule has 3 nitrogen and oxygen atoms in total. The number of nitrogens with zero attached hydrogens (tertiary/aromatic N) is 2. The number of hydrogen-bond acceptors (Lipinski definition) is 2. The fraction of sp³-hybridized carbons (Fsp3) is 0.375. The fourth-order valence-corrected chi connectivity index (χ4v) is 2.38. The molecule has 0 radical (unpaired) electrons. The molecule has 1 unspecified atom stereocenters. The Kier molecular flexibility index (Phi) is 4.50. The van der Waals surface area contributed by atoms with Crippen LogP contribution >= 0.6 is 0 Å². The van der Waals surface area contributed by atoms with Crippen molar-refractivity contribution in [2.45, 2.75) is 32.1 Å². The number of carbonyl (C=O) groups is 1. The van der Waals surface area contributed by atoms with E-state index in [2.05, 4.69) is 11.9 Å². The van der Waals surface area contributed by atoms with Gasteiger partial charge in [-0.15, -0.1) is 0 Å². The number of Topliss-reactive ketones (excluding diaryl/α,β-unsaturated/α-hetero) is 1. The van der Waals surface area contributed by atoms with Crippen molar-refractivity contribution in [2.24, 2.45) is 7.05 Å². The van der Waals surface area contributed by atoms with Gasteiger partial charge in [-0.25, -0.2) is 4.98 Å². The highest BCUT2D eigenvalue weighted by molar-refractivity contribution is 5.85. The molecule has 0 amide bonds. The SMILES string of the molecule is CCC(C(=O)CCc1nccn1C)c1ccccc1. The van der Waals surface area contributed by atoms with Gasteiger partial charge in [0.1, 0.15) is 11.6 Å². The van der Waals surface area contributed by atoms with E-state index >= 15 is 0 Å².